The highest BCUT2D eigenvalue weighted by Crippen LogP contribution is 2.30. The van der Waals surface area contributed by atoms with Crippen LogP contribution in [0.1, 0.15) is 25.3 Å². The van der Waals surface area contributed by atoms with Gasteiger partial charge in [-0.15, -0.1) is 6.42 Å². The predicted molar refractivity (Wildman–Crippen MR) is 70.0 cm³/mol. The van der Waals surface area contributed by atoms with E-state index in [9.17, 15) is 0 Å². The molecule has 2 heteroatoms. The second-order valence-electron chi connectivity index (χ2n) is 4.48. The zero-order chi connectivity index (χ0) is 11.5. The van der Waals surface area contributed by atoms with Crippen LogP contribution in [0, 0.1) is 18.3 Å². The van der Waals surface area contributed by atoms with Gasteiger partial charge in [-0.2, -0.15) is 0 Å². The largest absolute Gasteiger partial charge is 0.370 e. The lowest BCUT2D eigenvalue weighted by molar-refractivity contribution is 0.438. The van der Waals surface area contributed by atoms with Crippen LogP contribution >= 0.6 is 11.6 Å². The van der Waals surface area contributed by atoms with Gasteiger partial charge in [-0.25, -0.2) is 0 Å². The number of nitrogens with zero attached hydrogens (tertiary/aromatic N) is 1. The SMILES string of the molecule is C#Cc1ccc(N2CCC(C)CC2)c(Cl)c1. The zero-order valence-electron chi connectivity index (χ0n) is 9.54. The van der Waals surface area contributed by atoms with Crippen LogP contribution in [-0.4, -0.2) is 13.1 Å². The Balaban J connectivity index is 2.18. The molecule has 1 nitrogen and oxygen atoms in total. The molecule has 1 heterocycles. The second kappa shape index (κ2) is 4.80. The van der Waals surface area contributed by atoms with Crippen LogP contribution in [-0.2, 0) is 0 Å². The van der Waals surface area contributed by atoms with Crippen molar-refractivity contribution in [2.75, 3.05) is 18.0 Å². The lowest BCUT2D eigenvalue weighted by Crippen LogP contribution is -2.32. The van der Waals surface area contributed by atoms with Crippen molar-refractivity contribution in [3.05, 3.63) is 28.8 Å². The van der Waals surface area contributed by atoms with Gasteiger partial charge in [-0.1, -0.05) is 24.4 Å². The van der Waals surface area contributed by atoms with Crippen molar-refractivity contribution in [2.24, 2.45) is 5.92 Å². The minimum Gasteiger partial charge on any atom is -0.370 e. The Labute approximate surface area is 102 Å². The molecule has 0 saturated carbocycles. The van der Waals surface area contributed by atoms with E-state index >= 15 is 0 Å². The average molecular weight is 234 g/mol. The standard InChI is InChI=1S/C14H16ClN/c1-3-12-4-5-14(13(15)10-12)16-8-6-11(2)7-9-16/h1,4-5,10-11H,6-9H2,2H3. The van der Waals surface area contributed by atoms with Crippen molar-refractivity contribution in [1.29, 1.82) is 0 Å². The van der Waals surface area contributed by atoms with Crippen LogP contribution in [0.2, 0.25) is 5.02 Å². The third-order valence-corrected chi connectivity index (χ3v) is 3.54. The van der Waals surface area contributed by atoms with E-state index in [1.54, 1.807) is 0 Å². The summed E-state index contributed by atoms with van der Waals surface area (Å²) in [5.74, 6) is 3.44. The minimum atomic E-state index is 0.769. The van der Waals surface area contributed by atoms with E-state index in [0.717, 1.165) is 35.3 Å². The molecule has 0 amide bonds. The van der Waals surface area contributed by atoms with Crippen molar-refractivity contribution in [2.45, 2.75) is 19.8 Å². The molecule has 1 aromatic carbocycles. The summed E-state index contributed by atoms with van der Waals surface area (Å²) in [7, 11) is 0. The molecule has 0 aromatic heterocycles. The van der Waals surface area contributed by atoms with Crippen molar-refractivity contribution in [3.8, 4) is 12.3 Å². The van der Waals surface area contributed by atoms with E-state index in [1.165, 1.54) is 12.8 Å². The lowest BCUT2D eigenvalue weighted by Gasteiger charge is -2.32. The van der Waals surface area contributed by atoms with Crippen LogP contribution in [0.4, 0.5) is 5.69 Å². The Bertz CT molecular complexity index is 411. The van der Waals surface area contributed by atoms with E-state index in [4.69, 9.17) is 18.0 Å². The molecule has 0 N–H and O–H groups in total. The molecule has 0 radical (unpaired) electrons. The molecule has 16 heavy (non-hydrogen) atoms. The van der Waals surface area contributed by atoms with Crippen molar-refractivity contribution in [3.63, 3.8) is 0 Å². The minimum absolute atomic E-state index is 0.769. The summed E-state index contributed by atoms with van der Waals surface area (Å²) in [5, 5.41) is 0.769. The molecule has 1 aliphatic heterocycles. The molecule has 0 spiro atoms. The van der Waals surface area contributed by atoms with Crippen LogP contribution in [0.5, 0.6) is 0 Å². The van der Waals surface area contributed by atoms with Gasteiger partial charge in [-0.05, 0) is 37.0 Å². The molecule has 84 valence electrons. The predicted octanol–water partition coefficient (Wildman–Crippen LogP) is 3.56. The fourth-order valence-corrected chi connectivity index (χ4v) is 2.40. The summed E-state index contributed by atoms with van der Waals surface area (Å²) in [6, 6.07) is 5.86. The summed E-state index contributed by atoms with van der Waals surface area (Å²) < 4.78 is 0. The number of hydrogen-bond donors (Lipinski definition) is 0. The van der Waals surface area contributed by atoms with Crippen LogP contribution < -0.4 is 4.90 Å². The molecule has 1 aliphatic rings. The maximum atomic E-state index is 6.24. The normalized spacial score (nSPS) is 17.2. The van der Waals surface area contributed by atoms with Crippen LogP contribution in [0.25, 0.3) is 0 Å². The second-order valence-corrected chi connectivity index (χ2v) is 4.89. The van der Waals surface area contributed by atoms with Crippen LogP contribution in [0.3, 0.4) is 0 Å². The lowest BCUT2D eigenvalue weighted by atomic mass is 9.98. The molecule has 1 fully saturated rings. The van der Waals surface area contributed by atoms with Gasteiger partial charge in [0.25, 0.3) is 0 Å². The first-order chi connectivity index (χ1) is 7.70. The molecule has 0 atom stereocenters. The van der Waals surface area contributed by atoms with E-state index in [1.807, 2.05) is 18.2 Å². The van der Waals surface area contributed by atoms with Gasteiger partial charge >= 0.3 is 0 Å². The average Bonchev–Trinajstić information content (AvgIpc) is 2.30. The summed E-state index contributed by atoms with van der Waals surface area (Å²) in [5.41, 5.74) is 1.96. The first kappa shape index (κ1) is 11.4. The van der Waals surface area contributed by atoms with E-state index in [0.29, 0.717) is 0 Å². The Morgan fingerprint density at radius 2 is 2.06 bits per heavy atom. The molecule has 0 bridgehead atoms. The Kier molecular flexibility index (Phi) is 3.41. The maximum absolute atomic E-state index is 6.24. The van der Waals surface area contributed by atoms with Crippen LogP contribution in [0.15, 0.2) is 18.2 Å². The third-order valence-electron chi connectivity index (χ3n) is 3.24. The first-order valence-electron chi connectivity index (χ1n) is 5.72. The maximum Gasteiger partial charge on any atom is 0.0651 e. The third kappa shape index (κ3) is 2.33. The number of anilines is 1. The Morgan fingerprint density at radius 3 is 2.62 bits per heavy atom. The van der Waals surface area contributed by atoms with Gasteiger partial charge < -0.3 is 4.90 Å². The van der Waals surface area contributed by atoms with E-state index in [2.05, 4.69) is 17.7 Å². The van der Waals surface area contributed by atoms with Gasteiger partial charge in [-0.3, -0.25) is 0 Å². The molecule has 1 aromatic rings. The number of rotatable bonds is 1. The number of hydrogen-bond acceptors (Lipinski definition) is 1. The Hall–Kier alpha value is -1.13. The molecule has 2 rings (SSSR count). The van der Waals surface area contributed by atoms with Crippen molar-refractivity contribution >= 4 is 17.3 Å². The zero-order valence-corrected chi connectivity index (χ0v) is 10.3. The summed E-state index contributed by atoms with van der Waals surface area (Å²) in [6.45, 7) is 4.49. The number of halogens is 1. The van der Waals surface area contributed by atoms with Gasteiger partial charge in [0.2, 0.25) is 0 Å². The Morgan fingerprint density at radius 1 is 1.38 bits per heavy atom. The van der Waals surface area contributed by atoms with Gasteiger partial charge in [0.05, 0.1) is 10.7 Å². The van der Waals surface area contributed by atoms with Gasteiger partial charge in [0.15, 0.2) is 0 Å². The highest BCUT2D eigenvalue weighted by Gasteiger charge is 2.17. The van der Waals surface area contributed by atoms with Crippen molar-refractivity contribution < 1.29 is 0 Å². The quantitative estimate of drug-likeness (QED) is 0.671. The topological polar surface area (TPSA) is 3.24 Å². The molecule has 0 aliphatic carbocycles. The molecule has 0 unspecified atom stereocenters. The highest BCUT2D eigenvalue weighted by atomic mass is 35.5. The molecule has 1 saturated heterocycles. The number of terminal acetylenes is 1. The van der Waals surface area contributed by atoms with Crippen molar-refractivity contribution in [1.82, 2.24) is 0 Å². The highest BCUT2D eigenvalue weighted by molar-refractivity contribution is 6.33. The fraction of sp³-hybridized carbons (Fsp3) is 0.429. The summed E-state index contributed by atoms with van der Waals surface area (Å²) >= 11 is 6.24. The summed E-state index contributed by atoms with van der Waals surface area (Å²) in [6.07, 6.45) is 7.83. The monoisotopic (exact) mass is 233 g/mol. The van der Waals surface area contributed by atoms with E-state index in [-0.39, 0.29) is 0 Å². The van der Waals surface area contributed by atoms with Gasteiger partial charge in [0.1, 0.15) is 0 Å². The fourth-order valence-electron chi connectivity index (χ4n) is 2.10. The molecular weight excluding hydrogens is 218 g/mol. The molecular formula is C14H16ClN. The first-order valence-corrected chi connectivity index (χ1v) is 6.09. The smallest absolute Gasteiger partial charge is 0.0651 e. The van der Waals surface area contributed by atoms with Gasteiger partial charge in [0, 0.05) is 18.7 Å². The van der Waals surface area contributed by atoms with E-state index < -0.39 is 0 Å². The number of piperidine rings is 1. The summed E-state index contributed by atoms with van der Waals surface area (Å²) in [4.78, 5) is 2.35. The number of benzene rings is 1.